The molecule has 0 aromatic carbocycles. The van der Waals surface area contributed by atoms with Gasteiger partial charge in [-0.3, -0.25) is 4.79 Å². The highest BCUT2D eigenvalue weighted by atomic mass is 79.9. The summed E-state index contributed by atoms with van der Waals surface area (Å²) in [5.41, 5.74) is 0. The lowest BCUT2D eigenvalue weighted by Gasteiger charge is -2.26. The lowest BCUT2D eigenvalue weighted by atomic mass is 9.99. The van der Waals surface area contributed by atoms with Crippen LogP contribution in [0, 0.1) is 11.8 Å². The van der Waals surface area contributed by atoms with Crippen molar-refractivity contribution in [3.05, 3.63) is 0 Å². The summed E-state index contributed by atoms with van der Waals surface area (Å²) in [6.45, 7) is 5.47. The SMILES string of the molecule is CC1CN(C(=O)C2CCOCC2)CC1Br. The molecule has 86 valence electrons. The number of halogens is 1. The first kappa shape index (κ1) is 11.4. The molecular formula is C11H18BrNO2. The van der Waals surface area contributed by atoms with Gasteiger partial charge in [0.05, 0.1) is 0 Å². The minimum atomic E-state index is 0.212. The molecule has 0 saturated carbocycles. The van der Waals surface area contributed by atoms with E-state index in [-0.39, 0.29) is 5.92 Å². The Kier molecular flexibility index (Phi) is 3.67. The van der Waals surface area contributed by atoms with Crippen LogP contribution in [0.25, 0.3) is 0 Å². The summed E-state index contributed by atoms with van der Waals surface area (Å²) in [6, 6.07) is 0. The number of hydrogen-bond donors (Lipinski definition) is 0. The van der Waals surface area contributed by atoms with Crippen LogP contribution in [0.3, 0.4) is 0 Å². The van der Waals surface area contributed by atoms with E-state index in [0.29, 0.717) is 16.7 Å². The third kappa shape index (κ3) is 2.53. The number of likely N-dealkylation sites (tertiary alicyclic amines) is 1. The summed E-state index contributed by atoms with van der Waals surface area (Å²) in [4.78, 5) is 14.6. The van der Waals surface area contributed by atoms with Gasteiger partial charge in [-0.1, -0.05) is 22.9 Å². The molecule has 0 radical (unpaired) electrons. The van der Waals surface area contributed by atoms with Crippen LogP contribution in [0.5, 0.6) is 0 Å². The van der Waals surface area contributed by atoms with Crippen molar-refractivity contribution in [1.29, 1.82) is 0 Å². The Morgan fingerprint density at radius 2 is 2.00 bits per heavy atom. The van der Waals surface area contributed by atoms with Crippen molar-refractivity contribution in [3.63, 3.8) is 0 Å². The molecule has 4 heteroatoms. The minimum absolute atomic E-state index is 0.212. The molecule has 2 rings (SSSR count). The number of ether oxygens (including phenoxy) is 1. The summed E-state index contributed by atoms with van der Waals surface area (Å²) in [6.07, 6.45) is 1.80. The van der Waals surface area contributed by atoms with Crippen LogP contribution in [0.4, 0.5) is 0 Å². The average molecular weight is 276 g/mol. The van der Waals surface area contributed by atoms with Gasteiger partial charge in [-0.25, -0.2) is 0 Å². The molecule has 2 aliphatic heterocycles. The van der Waals surface area contributed by atoms with E-state index in [4.69, 9.17) is 4.74 Å². The van der Waals surface area contributed by atoms with Crippen LogP contribution in [0.1, 0.15) is 19.8 Å². The Balaban J connectivity index is 1.90. The summed E-state index contributed by atoms with van der Waals surface area (Å²) in [7, 11) is 0. The van der Waals surface area contributed by atoms with Gasteiger partial charge in [0, 0.05) is 37.0 Å². The lowest BCUT2D eigenvalue weighted by Crippen LogP contribution is -2.37. The van der Waals surface area contributed by atoms with E-state index >= 15 is 0 Å². The Bertz CT molecular complexity index is 231. The predicted octanol–water partition coefficient (Wildman–Crippen LogP) is 1.65. The Labute approximate surface area is 99.3 Å². The van der Waals surface area contributed by atoms with Gasteiger partial charge in [-0.15, -0.1) is 0 Å². The highest BCUT2D eigenvalue weighted by molar-refractivity contribution is 9.09. The number of rotatable bonds is 1. The summed E-state index contributed by atoms with van der Waals surface area (Å²) < 4.78 is 5.27. The largest absolute Gasteiger partial charge is 0.381 e. The van der Waals surface area contributed by atoms with Gasteiger partial charge >= 0.3 is 0 Å². The second-order valence-electron chi connectivity index (χ2n) is 4.62. The summed E-state index contributed by atoms with van der Waals surface area (Å²) in [5.74, 6) is 1.13. The molecule has 2 fully saturated rings. The van der Waals surface area contributed by atoms with Crippen LogP contribution < -0.4 is 0 Å². The van der Waals surface area contributed by atoms with Gasteiger partial charge < -0.3 is 9.64 Å². The van der Waals surface area contributed by atoms with Crippen LogP contribution in [0.2, 0.25) is 0 Å². The van der Waals surface area contributed by atoms with E-state index < -0.39 is 0 Å². The fourth-order valence-corrected chi connectivity index (χ4v) is 2.83. The van der Waals surface area contributed by atoms with E-state index in [9.17, 15) is 4.79 Å². The van der Waals surface area contributed by atoms with E-state index in [1.807, 2.05) is 4.90 Å². The fraction of sp³-hybridized carbons (Fsp3) is 0.909. The molecule has 0 N–H and O–H groups in total. The van der Waals surface area contributed by atoms with Gasteiger partial charge in [-0.2, -0.15) is 0 Å². The van der Waals surface area contributed by atoms with Crippen molar-refractivity contribution in [2.24, 2.45) is 11.8 Å². The zero-order valence-corrected chi connectivity index (χ0v) is 10.7. The number of amides is 1. The topological polar surface area (TPSA) is 29.5 Å². The zero-order chi connectivity index (χ0) is 10.8. The Hall–Kier alpha value is -0.0900. The van der Waals surface area contributed by atoms with Crippen LogP contribution >= 0.6 is 15.9 Å². The molecule has 0 bridgehead atoms. The zero-order valence-electron chi connectivity index (χ0n) is 9.12. The number of carbonyl (C=O) groups excluding carboxylic acids is 1. The molecule has 2 aliphatic rings. The molecule has 2 atom stereocenters. The molecule has 0 aliphatic carbocycles. The maximum atomic E-state index is 12.1. The Morgan fingerprint density at radius 3 is 2.53 bits per heavy atom. The van der Waals surface area contributed by atoms with Crippen molar-refractivity contribution >= 4 is 21.8 Å². The quantitative estimate of drug-likeness (QED) is 0.682. The molecule has 2 saturated heterocycles. The maximum Gasteiger partial charge on any atom is 0.225 e. The van der Waals surface area contributed by atoms with E-state index in [2.05, 4.69) is 22.9 Å². The van der Waals surface area contributed by atoms with Crippen LogP contribution in [-0.2, 0) is 9.53 Å². The molecule has 1 amide bonds. The first-order chi connectivity index (χ1) is 7.18. The van der Waals surface area contributed by atoms with Gasteiger partial charge in [0.2, 0.25) is 5.91 Å². The monoisotopic (exact) mass is 275 g/mol. The van der Waals surface area contributed by atoms with Crippen molar-refractivity contribution in [2.75, 3.05) is 26.3 Å². The number of carbonyl (C=O) groups is 1. The van der Waals surface area contributed by atoms with E-state index in [1.54, 1.807) is 0 Å². The predicted molar refractivity (Wildman–Crippen MR) is 62.0 cm³/mol. The van der Waals surface area contributed by atoms with Crippen molar-refractivity contribution in [2.45, 2.75) is 24.6 Å². The second kappa shape index (κ2) is 4.83. The highest BCUT2D eigenvalue weighted by Crippen LogP contribution is 2.26. The third-order valence-electron chi connectivity index (χ3n) is 3.40. The maximum absolute atomic E-state index is 12.1. The first-order valence-corrected chi connectivity index (χ1v) is 6.60. The highest BCUT2D eigenvalue weighted by Gasteiger charge is 2.34. The van der Waals surface area contributed by atoms with Gasteiger partial charge in [0.1, 0.15) is 0 Å². The van der Waals surface area contributed by atoms with E-state index in [0.717, 1.165) is 39.1 Å². The average Bonchev–Trinajstić information content (AvgIpc) is 2.59. The third-order valence-corrected chi connectivity index (χ3v) is 4.59. The second-order valence-corrected chi connectivity index (χ2v) is 5.80. The number of nitrogens with zero attached hydrogens (tertiary/aromatic N) is 1. The van der Waals surface area contributed by atoms with Gasteiger partial charge in [-0.05, 0) is 18.8 Å². The van der Waals surface area contributed by atoms with Crippen molar-refractivity contribution in [3.8, 4) is 0 Å². The summed E-state index contributed by atoms with van der Waals surface area (Å²) >= 11 is 3.62. The standard InChI is InChI=1S/C11H18BrNO2/c1-8-6-13(7-10(8)12)11(14)9-2-4-15-5-3-9/h8-10H,2-7H2,1H3. The molecule has 0 aromatic rings. The molecule has 0 spiro atoms. The van der Waals surface area contributed by atoms with Crippen LogP contribution in [-0.4, -0.2) is 41.9 Å². The van der Waals surface area contributed by atoms with Crippen LogP contribution in [0.15, 0.2) is 0 Å². The molecule has 15 heavy (non-hydrogen) atoms. The number of hydrogen-bond acceptors (Lipinski definition) is 2. The fourth-order valence-electron chi connectivity index (χ4n) is 2.31. The molecule has 2 heterocycles. The smallest absolute Gasteiger partial charge is 0.225 e. The van der Waals surface area contributed by atoms with Gasteiger partial charge in [0.15, 0.2) is 0 Å². The van der Waals surface area contributed by atoms with E-state index in [1.165, 1.54) is 0 Å². The molecule has 2 unspecified atom stereocenters. The Morgan fingerprint density at radius 1 is 1.33 bits per heavy atom. The normalized spacial score (nSPS) is 33.3. The molecular weight excluding hydrogens is 258 g/mol. The number of alkyl halides is 1. The molecule has 3 nitrogen and oxygen atoms in total. The minimum Gasteiger partial charge on any atom is -0.381 e. The lowest BCUT2D eigenvalue weighted by molar-refractivity contribution is -0.137. The summed E-state index contributed by atoms with van der Waals surface area (Å²) in [5, 5.41) is 0. The van der Waals surface area contributed by atoms with Gasteiger partial charge in [0.25, 0.3) is 0 Å². The molecule has 0 aromatic heterocycles. The van der Waals surface area contributed by atoms with Crippen molar-refractivity contribution in [1.82, 2.24) is 4.90 Å². The first-order valence-electron chi connectivity index (χ1n) is 5.69. The van der Waals surface area contributed by atoms with Crippen molar-refractivity contribution < 1.29 is 9.53 Å².